The fraction of sp³-hybridized carbons (Fsp3) is 1.00. The summed E-state index contributed by atoms with van der Waals surface area (Å²) in [6.45, 7) is 43.3. The minimum atomic E-state index is -2.12. The number of nitrogens with zero attached hydrogens (tertiary/aromatic N) is 1. The van der Waals surface area contributed by atoms with Crippen LogP contribution < -0.4 is 0 Å². The highest BCUT2D eigenvalue weighted by Gasteiger charge is 2.63. The zero-order valence-electron chi connectivity index (χ0n) is 29.0. The van der Waals surface area contributed by atoms with Gasteiger partial charge in [-0.05, 0) is 84.5 Å². The summed E-state index contributed by atoms with van der Waals surface area (Å²) in [6.07, 6.45) is 2.30. The van der Waals surface area contributed by atoms with Crippen molar-refractivity contribution in [2.75, 3.05) is 0 Å². The van der Waals surface area contributed by atoms with Crippen LogP contribution >= 0.6 is 22.2 Å². The molecule has 0 aromatic carbocycles. The van der Waals surface area contributed by atoms with Crippen molar-refractivity contribution in [3.63, 3.8) is 0 Å². The van der Waals surface area contributed by atoms with Gasteiger partial charge in [-0.2, -0.15) is 0 Å². The van der Waals surface area contributed by atoms with Gasteiger partial charge in [0, 0.05) is 5.67 Å². The van der Waals surface area contributed by atoms with Crippen molar-refractivity contribution in [1.29, 1.82) is 0 Å². The van der Waals surface area contributed by atoms with Crippen molar-refractivity contribution >= 4 is 62.0 Å². The third-order valence-corrected chi connectivity index (χ3v) is 36.6. The van der Waals surface area contributed by atoms with E-state index in [4.69, 9.17) is 26.3 Å². The summed E-state index contributed by atoms with van der Waals surface area (Å²) in [5.41, 5.74) is 4.74. The topological polar surface area (TPSA) is 12.5 Å². The van der Waals surface area contributed by atoms with Crippen LogP contribution in [0, 0.1) is 0 Å². The fourth-order valence-corrected chi connectivity index (χ4v) is 43.7. The van der Waals surface area contributed by atoms with Gasteiger partial charge in [-0.3, -0.25) is 0 Å². The van der Waals surface area contributed by atoms with Gasteiger partial charge in [-0.1, -0.05) is 96.4 Å². The molecule has 9 heteroatoms. The van der Waals surface area contributed by atoms with Gasteiger partial charge >= 0.3 is 0 Å². The lowest BCUT2D eigenvalue weighted by Gasteiger charge is -2.67. The zero-order valence-corrected chi connectivity index (χ0v) is 35.5. The molecule has 1 atom stereocenters. The Morgan fingerprint density at radius 3 is 1.13 bits per heavy atom. The molecule has 230 valence electrons. The predicted octanol–water partition coefficient (Wildman–Crippen LogP) is 12.3. The molecule has 0 amide bonds. The first-order chi connectivity index (χ1) is 16.9. The van der Waals surface area contributed by atoms with Gasteiger partial charge in [0.1, 0.15) is 16.5 Å². The summed E-state index contributed by atoms with van der Waals surface area (Å²) < 4.78 is 11.0. The maximum Gasteiger partial charge on any atom is 0.248 e. The van der Waals surface area contributed by atoms with E-state index in [0.717, 1.165) is 18.5 Å². The third kappa shape index (κ3) is 8.81. The predicted molar refractivity (Wildman–Crippen MR) is 192 cm³/mol. The monoisotopic (exact) mass is 657 g/mol. The molecule has 0 bridgehead atoms. The molecule has 0 rings (SSSR count). The van der Waals surface area contributed by atoms with Crippen molar-refractivity contribution in [1.82, 2.24) is 4.23 Å². The molecule has 0 spiro atoms. The standard InChI is InChI=1S/C29H69Cl2NOSi5/c1-19-29(35(16,17)33-34(14,15)21-20-22-36(18,30)31)32(37(23(2)3,24(4)5)25(6)7)38(26(8)9,27(10)11)28(12)13/h23-29H,19-22H2,1-18H3. The van der Waals surface area contributed by atoms with Gasteiger partial charge in [0.05, 0.1) is 0 Å². The first-order valence-corrected chi connectivity index (χ1v) is 31.0. The molecule has 0 radical (unpaired) electrons. The van der Waals surface area contributed by atoms with E-state index in [0.29, 0.717) is 38.9 Å². The van der Waals surface area contributed by atoms with E-state index in [1.165, 1.54) is 6.42 Å². The summed E-state index contributed by atoms with van der Waals surface area (Å²) in [7, 11) is -7.92. The number of hydrogen-bond donors (Lipinski definition) is 0. The maximum absolute atomic E-state index is 7.55. The molecular weight excluding hydrogens is 590 g/mol. The average molecular weight is 659 g/mol. The van der Waals surface area contributed by atoms with E-state index in [1.807, 2.05) is 0 Å². The van der Waals surface area contributed by atoms with E-state index in [2.05, 4.69) is 127 Å². The van der Waals surface area contributed by atoms with Crippen LogP contribution in [0.15, 0.2) is 0 Å². The molecule has 0 aliphatic carbocycles. The summed E-state index contributed by atoms with van der Waals surface area (Å²) in [5.74, 6) is 0. The van der Waals surface area contributed by atoms with Crippen LogP contribution in [0.3, 0.4) is 0 Å². The third-order valence-electron chi connectivity index (χ3n) is 9.82. The Kier molecular flexibility index (Phi) is 15.5. The number of rotatable bonds is 17. The van der Waals surface area contributed by atoms with Crippen molar-refractivity contribution in [3.05, 3.63) is 0 Å². The molecule has 1 unspecified atom stereocenters. The second-order valence-electron chi connectivity index (χ2n) is 15.4. The Morgan fingerprint density at radius 1 is 0.579 bits per heavy atom. The molecule has 0 aliphatic heterocycles. The van der Waals surface area contributed by atoms with E-state index >= 15 is 0 Å². The van der Waals surface area contributed by atoms with Crippen molar-refractivity contribution in [3.8, 4) is 0 Å². The van der Waals surface area contributed by atoms with Crippen LogP contribution in [-0.4, -0.2) is 49.7 Å². The Balaban J connectivity index is 7.30. The summed E-state index contributed by atoms with van der Waals surface area (Å²) in [5, 5.41) is 0. The van der Waals surface area contributed by atoms with E-state index < -0.39 is 39.8 Å². The van der Waals surface area contributed by atoms with E-state index in [9.17, 15) is 0 Å². The highest BCUT2D eigenvalue weighted by molar-refractivity contribution is 7.44. The first kappa shape index (κ1) is 39.6. The second-order valence-corrected chi connectivity index (χ2v) is 44.2. The molecule has 0 aromatic rings. The van der Waals surface area contributed by atoms with Crippen LogP contribution in [0.1, 0.15) is 103 Å². The highest BCUT2D eigenvalue weighted by atomic mass is 35.7. The van der Waals surface area contributed by atoms with Gasteiger partial charge in [0.15, 0.2) is 16.6 Å². The quantitative estimate of drug-likeness (QED) is 0.114. The largest absolute Gasteiger partial charge is 0.454 e. The van der Waals surface area contributed by atoms with Gasteiger partial charge in [-0.15, -0.1) is 22.2 Å². The van der Waals surface area contributed by atoms with Crippen LogP contribution in [0.2, 0.25) is 78.1 Å². The molecule has 0 heterocycles. The fourth-order valence-electron chi connectivity index (χ4n) is 9.18. The van der Waals surface area contributed by atoms with Crippen LogP contribution in [0.4, 0.5) is 0 Å². The Morgan fingerprint density at radius 2 is 0.895 bits per heavy atom. The summed E-state index contributed by atoms with van der Waals surface area (Å²) in [4.78, 5) is 0. The number of hydrogen-bond acceptors (Lipinski definition) is 2. The molecular formula is C29H69Cl2NOSi5. The van der Waals surface area contributed by atoms with Crippen LogP contribution in [0.5, 0.6) is 0 Å². The minimum absolute atomic E-state index is 0.549. The Hall–Kier alpha value is 1.58. The zero-order chi connectivity index (χ0) is 30.7. The Bertz CT molecular complexity index is 630. The van der Waals surface area contributed by atoms with Gasteiger partial charge in [0.25, 0.3) is 0 Å². The maximum atomic E-state index is 7.55. The van der Waals surface area contributed by atoms with Crippen molar-refractivity contribution in [2.45, 2.75) is 187 Å². The Labute approximate surface area is 255 Å². The van der Waals surface area contributed by atoms with Gasteiger partial charge < -0.3 is 8.35 Å². The second kappa shape index (κ2) is 14.8. The highest BCUT2D eigenvalue weighted by Crippen LogP contribution is 2.56. The average Bonchev–Trinajstić information content (AvgIpc) is 2.64. The lowest BCUT2D eigenvalue weighted by Crippen LogP contribution is -2.80. The summed E-state index contributed by atoms with van der Waals surface area (Å²) in [6, 6.07) is 2.12. The first-order valence-electron chi connectivity index (χ1n) is 15.8. The molecule has 0 fully saturated rings. The smallest absolute Gasteiger partial charge is 0.248 e. The lowest BCUT2D eigenvalue weighted by molar-refractivity contribution is 0.401. The van der Waals surface area contributed by atoms with E-state index in [-0.39, 0.29) is 0 Å². The summed E-state index contributed by atoms with van der Waals surface area (Å²) >= 11 is 13.0. The van der Waals surface area contributed by atoms with Crippen molar-refractivity contribution < 1.29 is 4.12 Å². The molecule has 0 N–H and O–H groups in total. The molecule has 38 heavy (non-hydrogen) atoms. The molecule has 0 aliphatic rings. The van der Waals surface area contributed by atoms with Crippen LogP contribution in [-0.2, 0) is 4.12 Å². The molecule has 2 nitrogen and oxygen atoms in total. The molecule has 0 saturated heterocycles. The van der Waals surface area contributed by atoms with E-state index in [1.54, 1.807) is 0 Å². The van der Waals surface area contributed by atoms with Gasteiger partial charge in [0.2, 0.25) is 6.69 Å². The van der Waals surface area contributed by atoms with Crippen molar-refractivity contribution in [2.24, 2.45) is 0 Å². The normalized spacial score (nSPS) is 15.9. The molecule has 0 aromatic heterocycles. The minimum Gasteiger partial charge on any atom is -0.454 e. The van der Waals surface area contributed by atoms with Gasteiger partial charge in [-0.25, -0.2) is 0 Å². The lowest BCUT2D eigenvalue weighted by atomic mass is 10.5. The van der Waals surface area contributed by atoms with Crippen LogP contribution in [0.25, 0.3) is 0 Å². The SMILES string of the molecule is CCC(N([Si](C(C)C)(C(C)C)C(C)C)[Si](C(C)C)(C(C)C)C(C)C)[Si](C)(C)O[Si](C)(C)CCC[Si](C)(Cl)Cl. The number of halogens is 2. The molecule has 0 saturated carbocycles.